The molecule has 3 N–H and O–H groups in total. The van der Waals surface area contributed by atoms with E-state index in [1.807, 2.05) is 0 Å². The van der Waals surface area contributed by atoms with Gasteiger partial charge in [0, 0.05) is 12.0 Å². The van der Waals surface area contributed by atoms with Crippen molar-refractivity contribution in [1.82, 2.24) is 0 Å². The number of hydrogen-bond donors (Lipinski definition) is 2. The second-order valence-electron chi connectivity index (χ2n) is 2.79. The van der Waals surface area contributed by atoms with Crippen LogP contribution in [0.1, 0.15) is 11.1 Å². The minimum atomic E-state index is -0.329. The Bertz CT molecular complexity index is 302. The molecule has 0 bridgehead atoms. The summed E-state index contributed by atoms with van der Waals surface area (Å²) in [7, 11) is 0. The lowest BCUT2D eigenvalue weighted by Gasteiger charge is -2.07. The predicted molar refractivity (Wildman–Crippen MR) is 46.6 cm³/mol. The van der Waals surface area contributed by atoms with E-state index >= 15 is 0 Å². The van der Waals surface area contributed by atoms with Gasteiger partial charge in [-0.3, -0.25) is 0 Å². The molecule has 0 unspecified atom stereocenters. The maximum absolute atomic E-state index is 13.0. The molecule has 3 nitrogen and oxygen atoms in total. The van der Waals surface area contributed by atoms with Gasteiger partial charge in [0.15, 0.2) is 0 Å². The van der Waals surface area contributed by atoms with E-state index in [4.69, 9.17) is 5.90 Å². The summed E-state index contributed by atoms with van der Waals surface area (Å²) in [5.74, 6) is 4.59. The molecule has 0 spiro atoms. The van der Waals surface area contributed by atoms with Crippen LogP contribution in [0.3, 0.4) is 0 Å². The zero-order chi connectivity index (χ0) is 9.84. The maximum atomic E-state index is 13.0. The summed E-state index contributed by atoms with van der Waals surface area (Å²) in [6, 6.07) is 2.56. The van der Waals surface area contributed by atoms with E-state index < -0.39 is 0 Å². The second kappa shape index (κ2) is 4.20. The number of benzene rings is 1. The summed E-state index contributed by atoms with van der Waals surface area (Å²) >= 11 is 0. The molecular weight excluding hydrogens is 173 g/mol. The van der Waals surface area contributed by atoms with E-state index in [1.54, 1.807) is 6.92 Å². The number of aromatic hydroxyl groups is 1. The van der Waals surface area contributed by atoms with Gasteiger partial charge >= 0.3 is 0 Å². The number of halogens is 1. The van der Waals surface area contributed by atoms with Crippen molar-refractivity contribution in [2.24, 2.45) is 5.90 Å². The highest BCUT2D eigenvalue weighted by atomic mass is 19.1. The average molecular weight is 185 g/mol. The Morgan fingerprint density at radius 2 is 2.23 bits per heavy atom. The zero-order valence-electron chi connectivity index (χ0n) is 7.38. The normalized spacial score (nSPS) is 10.4. The highest BCUT2D eigenvalue weighted by Crippen LogP contribution is 2.23. The van der Waals surface area contributed by atoms with Gasteiger partial charge in [0.1, 0.15) is 11.6 Å². The third-order valence-corrected chi connectivity index (χ3v) is 1.98. The van der Waals surface area contributed by atoms with E-state index in [1.165, 1.54) is 12.1 Å². The first-order valence-electron chi connectivity index (χ1n) is 3.95. The van der Waals surface area contributed by atoms with E-state index in [0.29, 0.717) is 17.5 Å². The minimum absolute atomic E-state index is 0.0796. The number of rotatable bonds is 3. The van der Waals surface area contributed by atoms with Crippen LogP contribution in [-0.2, 0) is 11.3 Å². The van der Waals surface area contributed by atoms with Crippen LogP contribution >= 0.6 is 0 Å². The van der Waals surface area contributed by atoms with Crippen molar-refractivity contribution in [3.63, 3.8) is 0 Å². The van der Waals surface area contributed by atoms with Crippen molar-refractivity contribution in [2.45, 2.75) is 13.3 Å². The summed E-state index contributed by atoms with van der Waals surface area (Å²) in [6.07, 6.45) is 0.409. The predicted octanol–water partition coefficient (Wildman–Crippen LogP) is 1.27. The first kappa shape index (κ1) is 9.95. The lowest BCUT2D eigenvalue weighted by atomic mass is 10.0. The molecule has 1 rings (SSSR count). The Morgan fingerprint density at radius 1 is 1.54 bits per heavy atom. The molecule has 1 aromatic carbocycles. The summed E-state index contributed by atoms with van der Waals surface area (Å²) in [4.78, 5) is 4.36. The molecule has 0 atom stereocenters. The van der Waals surface area contributed by atoms with Crippen molar-refractivity contribution in [1.29, 1.82) is 0 Å². The number of phenolic OH excluding ortho intramolecular Hbond substituents is 1. The Hall–Kier alpha value is -1.13. The molecule has 0 radical (unpaired) electrons. The van der Waals surface area contributed by atoms with Gasteiger partial charge in [-0.25, -0.2) is 10.3 Å². The maximum Gasteiger partial charge on any atom is 0.126 e. The van der Waals surface area contributed by atoms with Gasteiger partial charge in [-0.05, 0) is 24.6 Å². The van der Waals surface area contributed by atoms with E-state index in [0.717, 1.165) is 0 Å². The number of nitrogens with two attached hydrogens (primary N) is 1. The summed E-state index contributed by atoms with van der Waals surface area (Å²) in [6.45, 7) is 1.87. The smallest absolute Gasteiger partial charge is 0.126 e. The Morgan fingerprint density at radius 3 is 2.85 bits per heavy atom. The van der Waals surface area contributed by atoms with Crippen LogP contribution in [0.2, 0.25) is 0 Å². The van der Waals surface area contributed by atoms with Crippen LogP contribution < -0.4 is 5.90 Å². The minimum Gasteiger partial charge on any atom is -0.508 e. The zero-order valence-corrected chi connectivity index (χ0v) is 7.38. The highest BCUT2D eigenvalue weighted by molar-refractivity contribution is 5.39. The molecule has 0 fully saturated rings. The molecule has 0 aliphatic carbocycles. The van der Waals surface area contributed by atoms with Crippen molar-refractivity contribution in [3.05, 3.63) is 29.1 Å². The molecule has 1 aromatic rings. The first-order chi connectivity index (χ1) is 6.16. The quantitative estimate of drug-likeness (QED) is 0.697. The van der Waals surface area contributed by atoms with Crippen LogP contribution in [0.15, 0.2) is 12.1 Å². The largest absolute Gasteiger partial charge is 0.508 e. The highest BCUT2D eigenvalue weighted by Gasteiger charge is 2.08. The van der Waals surface area contributed by atoms with E-state index in [-0.39, 0.29) is 18.2 Å². The second-order valence-corrected chi connectivity index (χ2v) is 2.79. The molecule has 0 saturated heterocycles. The fourth-order valence-corrected chi connectivity index (χ4v) is 1.19. The number of hydrogen-bond acceptors (Lipinski definition) is 3. The van der Waals surface area contributed by atoms with Crippen molar-refractivity contribution >= 4 is 0 Å². The SMILES string of the molecule is Cc1c(F)ccc(O)c1CCON. The third kappa shape index (κ3) is 2.17. The first-order valence-corrected chi connectivity index (χ1v) is 3.95. The monoisotopic (exact) mass is 185 g/mol. The molecule has 0 heterocycles. The van der Waals surface area contributed by atoms with Crippen LogP contribution in [0.25, 0.3) is 0 Å². The van der Waals surface area contributed by atoms with Crippen LogP contribution in [0, 0.1) is 12.7 Å². The topological polar surface area (TPSA) is 55.5 Å². The molecule has 0 aliphatic rings. The van der Waals surface area contributed by atoms with Crippen LogP contribution in [-0.4, -0.2) is 11.7 Å². The van der Waals surface area contributed by atoms with Gasteiger partial charge in [-0.2, -0.15) is 0 Å². The Labute approximate surface area is 75.9 Å². The lowest BCUT2D eigenvalue weighted by molar-refractivity contribution is 0.140. The molecule has 0 amide bonds. The molecule has 0 aromatic heterocycles. The molecule has 4 heteroatoms. The standard InChI is InChI=1S/C9H12FNO2/c1-6-7(4-5-13-11)9(12)3-2-8(6)10/h2-3,12H,4-5,11H2,1H3. The molecule has 0 saturated carbocycles. The fourth-order valence-electron chi connectivity index (χ4n) is 1.19. The van der Waals surface area contributed by atoms with Crippen LogP contribution in [0.5, 0.6) is 5.75 Å². The lowest BCUT2D eigenvalue weighted by Crippen LogP contribution is -2.05. The third-order valence-electron chi connectivity index (χ3n) is 1.98. The van der Waals surface area contributed by atoms with Crippen molar-refractivity contribution in [2.75, 3.05) is 6.61 Å². The van der Waals surface area contributed by atoms with Crippen molar-refractivity contribution in [3.8, 4) is 5.75 Å². The summed E-state index contributed by atoms with van der Waals surface area (Å²) < 4.78 is 13.0. The fraction of sp³-hybridized carbons (Fsp3) is 0.333. The Kier molecular flexibility index (Phi) is 3.22. The average Bonchev–Trinajstić information content (AvgIpc) is 2.12. The van der Waals surface area contributed by atoms with Crippen molar-refractivity contribution < 1.29 is 14.3 Å². The Balaban J connectivity index is 2.96. The summed E-state index contributed by atoms with van der Waals surface area (Å²) in [5.41, 5.74) is 0.988. The van der Waals surface area contributed by atoms with Gasteiger partial charge in [-0.1, -0.05) is 0 Å². The molecule has 13 heavy (non-hydrogen) atoms. The van der Waals surface area contributed by atoms with Gasteiger partial charge in [0.05, 0.1) is 6.61 Å². The van der Waals surface area contributed by atoms with Crippen LogP contribution in [0.4, 0.5) is 4.39 Å². The van der Waals surface area contributed by atoms with E-state index in [9.17, 15) is 9.50 Å². The van der Waals surface area contributed by atoms with Gasteiger partial charge in [-0.15, -0.1) is 0 Å². The van der Waals surface area contributed by atoms with E-state index in [2.05, 4.69) is 4.84 Å². The van der Waals surface area contributed by atoms with Gasteiger partial charge in [0.25, 0.3) is 0 Å². The van der Waals surface area contributed by atoms with Gasteiger partial charge in [0.2, 0.25) is 0 Å². The number of phenols is 1. The molecule has 72 valence electrons. The summed E-state index contributed by atoms with van der Waals surface area (Å²) in [5, 5.41) is 9.38. The van der Waals surface area contributed by atoms with Gasteiger partial charge < -0.3 is 9.94 Å². The molecule has 0 aliphatic heterocycles. The molecular formula is C9H12FNO2.